The predicted molar refractivity (Wildman–Crippen MR) is 87.1 cm³/mol. The third-order valence-electron chi connectivity index (χ3n) is 3.69. The zero-order valence-corrected chi connectivity index (χ0v) is 12.9. The SMILES string of the molecule is Cc1ccc(C)c(Cn2cnc(-c3cccc([N+](=O)[O-])c3)n2)c1. The van der Waals surface area contributed by atoms with Crippen molar-refractivity contribution in [3.63, 3.8) is 0 Å². The summed E-state index contributed by atoms with van der Waals surface area (Å²) < 4.78 is 1.75. The zero-order chi connectivity index (χ0) is 16.4. The van der Waals surface area contributed by atoms with E-state index in [1.165, 1.54) is 28.8 Å². The molecule has 3 aromatic rings. The summed E-state index contributed by atoms with van der Waals surface area (Å²) in [5, 5.41) is 15.3. The molecule has 23 heavy (non-hydrogen) atoms. The molecule has 0 saturated heterocycles. The number of nitro groups is 1. The summed E-state index contributed by atoms with van der Waals surface area (Å²) in [6, 6.07) is 12.6. The van der Waals surface area contributed by atoms with Gasteiger partial charge in [0.25, 0.3) is 5.69 Å². The topological polar surface area (TPSA) is 73.8 Å². The summed E-state index contributed by atoms with van der Waals surface area (Å²) in [6.07, 6.45) is 1.65. The van der Waals surface area contributed by atoms with E-state index in [1.54, 1.807) is 23.1 Å². The standard InChI is InChI=1S/C17H16N4O2/c1-12-6-7-13(2)15(8-12)10-20-11-18-17(19-20)14-4-3-5-16(9-14)21(22)23/h3-9,11H,10H2,1-2H3. The second-order valence-electron chi connectivity index (χ2n) is 5.50. The molecule has 1 aromatic heterocycles. The molecule has 0 amide bonds. The maximum Gasteiger partial charge on any atom is 0.270 e. The van der Waals surface area contributed by atoms with Gasteiger partial charge in [-0.15, -0.1) is 0 Å². The number of aromatic nitrogens is 3. The minimum atomic E-state index is -0.420. The second kappa shape index (κ2) is 6.00. The first-order valence-corrected chi connectivity index (χ1v) is 7.23. The molecular weight excluding hydrogens is 292 g/mol. The van der Waals surface area contributed by atoms with E-state index in [0.717, 1.165) is 0 Å². The van der Waals surface area contributed by atoms with Crippen LogP contribution in [0.25, 0.3) is 11.4 Å². The van der Waals surface area contributed by atoms with Crippen LogP contribution < -0.4 is 0 Å². The molecule has 0 saturated carbocycles. The normalized spacial score (nSPS) is 10.7. The van der Waals surface area contributed by atoms with Crippen LogP contribution in [0.1, 0.15) is 16.7 Å². The predicted octanol–water partition coefficient (Wildman–Crippen LogP) is 3.52. The Kier molecular flexibility index (Phi) is 3.89. The van der Waals surface area contributed by atoms with E-state index in [2.05, 4.69) is 42.1 Å². The molecule has 0 radical (unpaired) electrons. The maximum absolute atomic E-state index is 10.9. The van der Waals surface area contributed by atoms with E-state index in [0.29, 0.717) is 17.9 Å². The first-order chi connectivity index (χ1) is 11.0. The van der Waals surface area contributed by atoms with Gasteiger partial charge in [0.1, 0.15) is 6.33 Å². The van der Waals surface area contributed by atoms with Crippen molar-refractivity contribution in [2.45, 2.75) is 20.4 Å². The highest BCUT2D eigenvalue weighted by molar-refractivity contribution is 5.58. The van der Waals surface area contributed by atoms with Crippen LogP contribution in [0.2, 0.25) is 0 Å². The summed E-state index contributed by atoms with van der Waals surface area (Å²) >= 11 is 0. The molecule has 6 nitrogen and oxygen atoms in total. The fraction of sp³-hybridized carbons (Fsp3) is 0.176. The van der Waals surface area contributed by atoms with Crippen LogP contribution in [-0.4, -0.2) is 19.7 Å². The van der Waals surface area contributed by atoms with Crippen LogP contribution in [0.3, 0.4) is 0 Å². The molecule has 116 valence electrons. The first-order valence-electron chi connectivity index (χ1n) is 7.23. The van der Waals surface area contributed by atoms with Crippen LogP contribution in [0.4, 0.5) is 5.69 Å². The molecular formula is C17H16N4O2. The van der Waals surface area contributed by atoms with E-state index in [4.69, 9.17) is 0 Å². The lowest BCUT2D eigenvalue weighted by molar-refractivity contribution is -0.384. The van der Waals surface area contributed by atoms with E-state index in [-0.39, 0.29) is 5.69 Å². The Bertz CT molecular complexity index is 871. The van der Waals surface area contributed by atoms with Crippen LogP contribution in [0.15, 0.2) is 48.8 Å². The van der Waals surface area contributed by atoms with E-state index in [1.807, 2.05) is 0 Å². The summed E-state index contributed by atoms with van der Waals surface area (Å²) in [7, 11) is 0. The largest absolute Gasteiger partial charge is 0.270 e. The molecule has 0 atom stereocenters. The highest BCUT2D eigenvalue weighted by Gasteiger charge is 2.10. The van der Waals surface area contributed by atoms with Crippen molar-refractivity contribution in [3.05, 3.63) is 75.6 Å². The number of nitro benzene ring substituents is 1. The molecule has 0 aliphatic carbocycles. The number of hydrogen-bond acceptors (Lipinski definition) is 4. The molecule has 2 aromatic carbocycles. The Labute approximate surface area is 133 Å². The smallest absolute Gasteiger partial charge is 0.258 e. The number of nitrogens with zero attached hydrogens (tertiary/aromatic N) is 4. The molecule has 0 unspecified atom stereocenters. The van der Waals surface area contributed by atoms with Gasteiger partial charge in [-0.25, -0.2) is 9.67 Å². The van der Waals surface area contributed by atoms with E-state index in [9.17, 15) is 10.1 Å². The summed E-state index contributed by atoms with van der Waals surface area (Å²) in [6.45, 7) is 4.74. The summed E-state index contributed by atoms with van der Waals surface area (Å²) in [5.41, 5.74) is 4.25. The Balaban J connectivity index is 1.87. The minimum Gasteiger partial charge on any atom is -0.258 e. The fourth-order valence-corrected chi connectivity index (χ4v) is 2.41. The van der Waals surface area contributed by atoms with Gasteiger partial charge in [-0.05, 0) is 25.0 Å². The van der Waals surface area contributed by atoms with Crippen molar-refractivity contribution in [2.75, 3.05) is 0 Å². The van der Waals surface area contributed by atoms with Gasteiger partial charge in [0.05, 0.1) is 11.5 Å². The quantitative estimate of drug-likeness (QED) is 0.546. The molecule has 0 aliphatic rings. The van der Waals surface area contributed by atoms with Crippen molar-refractivity contribution in [2.24, 2.45) is 0 Å². The Hall–Kier alpha value is -3.02. The van der Waals surface area contributed by atoms with Gasteiger partial charge in [-0.2, -0.15) is 5.10 Å². The zero-order valence-electron chi connectivity index (χ0n) is 12.9. The number of rotatable bonds is 4. The third-order valence-corrected chi connectivity index (χ3v) is 3.69. The Morgan fingerprint density at radius 2 is 2.00 bits per heavy atom. The lowest BCUT2D eigenvalue weighted by Gasteiger charge is -2.06. The van der Waals surface area contributed by atoms with Gasteiger partial charge in [0, 0.05) is 17.7 Å². The average molecular weight is 308 g/mol. The summed E-state index contributed by atoms with van der Waals surface area (Å²) in [4.78, 5) is 14.7. The van der Waals surface area contributed by atoms with Crippen molar-refractivity contribution >= 4 is 5.69 Å². The molecule has 3 rings (SSSR count). The minimum absolute atomic E-state index is 0.0355. The second-order valence-corrected chi connectivity index (χ2v) is 5.50. The van der Waals surface area contributed by atoms with Gasteiger partial charge in [-0.3, -0.25) is 10.1 Å². The van der Waals surface area contributed by atoms with Crippen LogP contribution >= 0.6 is 0 Å². The van der Waals surface area contributed by atoms with Crippen LogP contribution in [0, 0.1) is 24.0 Å². The monoisotopic (exact) mass is 308 g/mol. The lowest BCUT2D eigenvalue weighted by atomic mass is 10.1. The average Bonchev–Trinajstić information content (AvgIpc) is 3.00. The molecule has 0 spiro atoms. The molecule has 1 heterocycles. The first kappa shape index (κ1) is 14.9. The van der Waals surface area contributed by atoms with E-state index < -0.39 is 4.92 Å². The van der Waals surface area contributed by atoms with Gasteiger partial charge in [0.15, 0.2) is 5.82 Å². The fourth-order valence-electron chi connectivity index (χ4n) is 2.41. The van der Waals surface area contributed by atoms with Crippen molar-refractivity contribution in [1.82, 2.24) is 14.8 Å². The summed E-state index contributed by atoms with van der Waals surface area (Å²) in [5.74, 6) is 0.485. The van der Waals surface area contributed by atoms with E-state index >= 15 is 0 Å². The number of non-ortho nitro benzene ring substituents is 1. The highest BCUT2D eigenvalue weighted by Crippen LogP contribution is 2.21. The number of aryl methyl sites for hydroxylation is 2. The van der Waals surface area contributed by atoms with Crippen molar-refractivity contribution < 1.29 is 4.92 Å². The molecule has 6 heteroatoms. The molecule has 0 bridgehead atoms. The van der Waals surface area contributed by atoms with Gasteiger partial charge < -0.3 is 0 Å². The maximum atomic E-state index is 10.9. The number of hydrogen-bond donors (Lipinski definition) is 0. The Morgan fingerprint density at radius 3 is 2.78 bits per heavy atom. The van der Waals surface area contributed by atoms with Crippen molar-refractivity contribution in [3.8, 4) is 11.4 Å². The van der Waals surface area contributed by atoms with Crippen LogP contribution in [-0.2, 0) is 6.54 Å². The van der Waals surface area contributed by atoms with Gasteiger partial charge in [0.2, 0.25) is 0 Å². The molecule has 0 fully saturated rings. The molecule has 0 aliphatic heterocycles. The number of benzene rings is 2. The van der Waals surface area contributed by atoms with Crippen molar-refractivity contribution in [1.29, 1.82) is 0 Å². The Morgan fingerprint density at radius 1 is 1.17 bits per heavy atom. The van der Waals surface area contributed by atoms with Gasteiger partial charge >= 0.3 is 0 Å². The third kappa shape index (κ3) is 3.26. The van der Waals surface area contributed by atoms with Gasteiger partial charge in [-0.1, -0.05) is 35.9 Å². The van der Waals surface area contributed by atoms with Crippen LogP contribution in [0.5, 0.6) is 0 Å². The molecule has 0 N–H and O–H groups in total. The lowest BCUT2D eigenvalue weighted by Crippen LogP contribution is -2.02. The highest BCUT2D eigenvalue weighted by atomic mass is 16.6.